The normalized spacial score (nSPS) is 29.5. The van der Waals surface area contributed by atoms with Crippen molar-refractivity contribution in [3.8, 4) is 5.75 Å². The number of rotatable bonds is 3. The van der Waals surface area contributed by atoms with Crippen molar-refractivity contribution >= 4 is 0 Å². The highest BCUT2D eigenvalue weighted by Gasteiger charge is 2.35. The molecule has 2 rings (SSSR count). The summed E-state index contributed by atoms with van der Waals surface area (Å²) in [5.41, 5.74) is 1.26. The van der Waals surface area contributed by atoms with Crippen molar-refractivity contribution in [3.63, 3.8) is 0 Å². The molecule has 16 heavy (non-hydrogen) atoms. The Hall–Kier alpha value is -1.06. The fourth-order valence-electron chi connectivity index (χ4n) is 2.50. The standard InChI is InChI=1S/C13H19NO2/c1-13(9-16-2)7-11(8-14-13)10-4-3-5-12(15)6-10/h3-6,11,14-15H,7-9H2,1-2H3. The molecule has 1 aliphatic rings. The second kappa shape index (κ2) is 4.44. The molecule has 2 atom stereocenters. The first-order valence-corrected chi connectivity index (χ1v) is 5.66. The molecule has 1 heterocycles. The van der Waals surface area contributed by atoms with Crippen molar-refractivity contribution in [1.82, 2.24) is 5.32 Å². The number of hydrogen-bond acceptors (Lipinski definition) is 3. The van der Waals surface area contributed by atoms with Crippen LogP contribution in [0.2, 0.25) is 0 Å². The third kappa shape index (κ3) is 2.36. The molecular formula is C13H19NO2. The van der Waals surface area contributed by atoms with Gasteiger partial charge in [0.1, 0.15) is 5.75 Å². The first kappa shape index (κ1) is 11.4. The summed E-state index contributed by atoms with van der Waals surface area (Å²) in [7, 11) is 1.73. The van der Waals surface area contributed by atoms with E-state index in [0.29, 0.717) is 11.7 Å². The monoisotopic (exact) mass is 221 g/mol. The number of aromatic hydroxyl groups is 1. The van der Waals surface area contributed by atoms with Crippen LogP contribution in [0.3, 0.4) is 0 Å². The predicted octanol–water partition coefficient (Wildman–Crippen LogP) is 1.87. The molecule has 0 aliphatic carbocycles. The van der Waals surface area contributed by atoms with E-state index >= 15 is 0 Å². The number of nitrogens with one attached hydrogen (secondary N) is 1. The molecule has 1 fully saturated rings. The minimum atomic E-state index is 0.0604. The second-order valence-corrected chi connectivity index (χ2v) is 4.87. The molecule has 0 amide bonds. The lowest BCUT2D eigenvalue weighted by molar-refractivity contribution is 0.129. The minimum absolute atomic E-state index is 0.0604. The van der Waals surface area contributed by atoms with Gasteiger partial charge in [0.15, 0.2) is 0 Å². The molecule has 2 unspecified atom stereocenters. The Morgan fingerprint density at radius 2 is 2.38 bits per heavy atom. The van der Waals surface area contributed by atoms with Gasteiger partial charge in [-0.15, -0.1) is 0 Å². The van der Waals surface area contributed by atoms with E-state index in [1.807, 2.05) is 12.1 Å². The molecule has 0 aromatic heterocycles. The van der Waals surface area contributed by atoms with Crippen molar-refractivity contribution < 1.29 is 9.84 Å². The van der Waals surface area contributed by atoms with E-state index in [9.17, 15) is 5.11 Å². The van der Waals surface area contributed by atoms with Gasteiger partial charge in [-0.25, -0.2) is 0 Å². The molecule has 1 aromatic carbocycles. The largest absolute Gasteiger partial charge is 0.508 e. The molecule has 0 bridgehead atoms. The van der Waals surface area contributed by atoms with E-state index in [-0.39, 0.29) is 5.54 Å². The van der Waals surface area contributed by atoms with Gasteiger partial charge in [0.25, 0.3) is 0 Å². The Morgan fingerprint density at radius 1 is 1.56 bits per heavy atom. The zero-order chi connectivity index (χ0) is 11.6. The molecular weight excluding hydrogens is 202 g/mol. The number of phenolic OH excluding ortho intramolecular Hbond substituents is 1. The van der Waals surface area contributed by atoms with E-state index in [0.717, 1.165) is 19.6 Å². The average Bonchev–Trinajstić information content (AvgIpc) is 2.61. The number of methoxy groups -OCH3 is 1. The lowest BCUT2D eigenvalue weighted by atomic mass is 9.90. The van der Waals surface area contributed by atoms with E-state index in [4.69, 9.17) is 4.74 Å². The van der Waals surface area contributed by atoms with Gasteiger partial charge in [-0.1, -0.05) is 12.1 Å². The molecule has 1 aromatic rings. The number of benzene rings is 1. The predicted molar refractivity (Wildman–Crippen MR) is 63.7 cm³/mol. The van der Waals surface area contributed by atoms with E-state index in [1.54, 1.807) is 13.2 Å². The van der Waals surface area contributed by atoms with Crippen LogP contribution in [-0.2, 0) is 4.74 Å². The van der Waals surface area contributed by atoms with Crippen LogP contribution >= 0.6 is 0 Å². The van der Waals surface area contributed by atoms with Crippen molar-refractivity contribution in [3.05, 3.63) is 29.8 Å². The van der Waals surface area contributed by atoms with Gasteiger partial charge in [-0.3, -0.25) is 0 Å². The van der Waals surface area contributed by atoms with Crippen molar-refractivity contribution in [1.29, 1.82) is 0 Å². The summed E-state index contributed by atoms with van der Waals surface area (Å²) in [6.45, 7) is 3.85. The Labute approximate surface area is 96.4 Å². The number of hydrogen-bond donors (Lipinski definition) is 2. The van der Waals surface area contributed by atoms with E-state index in [2.05, 4.69) is 18.3 Å². The molecule has 0 radical (unpaired) electrons. The quantitative estimate of drug-likeness (QED) is 0.818. The lowest BCUT2D eigenvalue weighted by Crippen LogP contribution is -2.40. The highest BCUT2D eigenvalue weighted by Crippen LogP contribution is 2.33. The third-order valence-electron chi connectivity index (χ3n) is 3.28. The summed E-state index contributed by atoms with van der Waals surface area (Å²) in [6, 6.07) is 7.53. The third-order valence-corrected chi connectivity index (χ3v) is 3.28. The Kier molecular flexibility index (Phi) is 3.17. The van der Waals surface area contributed by atoms with Gasteiger partial charge in [0.05, 0.1) is 6.61 Å². The SMILES string of the molecule is COCC1(C)CC(c2cccc(O)c2)CN1. The Balaban J connectivity index is 2.09. The molecule has 0 spiro atoms. The van der Waals surface area contributed by atoms with Gasteiger partial charge in [-0.2, -0.15) is 0 Å². The van der Waals surface area contributed by atoms with Crippen molar-refractivity contribution in [2.75, 3.05) is 20.3 Å². The fourth-order valence-corrected chi connectivity index (χ4v) is 2.50. The highest BCUT2D eigenvalue weighted by atomic mass is 16.5. The van der Waals surface area contributed by atoms with Gasteiger partial charge >= 0.3 is 0 Å². The lowest BCUT2D eigenvalue weighted by Gasteiger charge is -2.23. The van der Waals surface area contributed by atoms with Crippen molar-refractivity contribution in [2.24, 2.45) is 0 Å². The number of phenols is 1. The van der Waals surface area contributed by atoms with E-state index in [1.165, 1.54) is 5.56 Å². The van der Waals surface area contributed by atoms with Gasteiger partial charge in [0.2, 0.25) is 0 Å². The summed E-state index contributed by atoms with van der Waals surface area (Å²) in [5, 5.41) is 13.0. The molecule has 2 N–H and O–H groups in total. The molecule has 3 heteroatoms. The summed E-state index contributed by atoms with van der Waals surface area (Å²) in [5.74, 6) is 0.810. The maximum Gasteiger partial charge on any atom is 0.115 e. The maximum absolute atomic E-state index is 9.46. The van der Waals surface area contributed by atoms with E-state index < -0.39 is 0 Å². The van der Waals surface area contributed by atoms with Crippen LogP contribution in [0, 0.1) is 0 Å². The molecule has 88 valence electrons. The van der Waals surface area contributed by atoms with Crippen LogP contribution in [-0.4, -0.2) is 30.9 Å². The molecule has 0 saturated carbocycles. The molecule has 3 nitrogen and oxygen atoms in total. The summed E-state index contributed by atoms with van der Waals surface area (Å²) >= 11 is 0. The first-order chi connectivity index (χ1) is 7.63. The molecule has 1 aliphatic heterocycles. The van der Waals surface area contributed by atoms with Crippen LogP contribution in [0.1, 0.15) is 24.8 Å². The topological polar surface area (TPSA) is 41.5 Å². The zero-order valence-electron chi connectivity index (χ0n) is 9.86. The zero-order valence-corrected chi connectivity index (χ0v) is 9.86. The smallest absolute Gasteiger partial charge is 0.115 e. The summed E-state index contributed by atoms with van der Waals surface area (Å²) in [6.07, 6.45) is 1.05. The van der Waals surface area contributed by atoms with Crippen LogP contribution in [0.15, 0.2) is 24.3 Å². The van der Waals surface area contributed by atoms with Gasteiger partial charge < -0.3 is 15.2 Å². The summed E-state index contributed by atoms with van der Waals surface area (Å²) in [4.78, 5) is 0. The van der Waals surface area contributed by atoms with Crippen LogP contribution in [0.4, 0.5) is 0 Å². The maximum atomic E-state index is 9.46. The molecule has 1 saturated heterocycles. The van der Waals surface area contributed by atoms with Crippen molar-refractivity contribution in [2.45, 2.75) is 24.8 Å². The van der Waals surface area contributed by atoms with Crippen LogP contribution in [0.25, 0.3) is 0 Å². The van der Waals surface area contributed by atoms with Gasteiger partial charge in [0, 0.05) is 19.2 Å². The minimum Gasteiger partial charge on any atom is -0.508 e. The first-order valence-electron chi connectivity index (χ1n) is 5.66. The highest BCUT2D eigenvalue weighted by molar-refractivity contribution is 5.31. The average molecular weight is 221 g/mol. The summed E-state index contributed by atoms with van der Waals surface area (Å²) < 4.78 is 5.22. The fraction of sp³-hybridized carbons (Fsp3) is 0.538. The van der Waals surface area contributed by atoms with Crippen LogP contribution in [0.5, 0.6) is 5.75 Å². The number of ether oxygens (including phenoxy) is 1. The van der Waals surface area contributed by atoms with Gasteiger partial charge in [-0.05, 0) is 37.0 Å². The Morgan fingerprint density at radius 3 is 3.06 bits per heavy atom. The Bertz CT molecular complexity index is 367. The van der Waals surface area contributed by atoms with Crippen LogP contribution < -0.4 is 5.32 Å². The second-order valence-electron chi connectivity index (χ2n) is 4.87.